The lowest BCUT2D eigenvalue weighted by molar-refractivity contribution is -0.155. The van der Waals surface area contributed by atoms with Gasteiger partial charge in [-0.05, 0) is 53.9 Å². The van der Waals surface area contributed by atoms with Gasteiger partial charge in [0.25, 0.3) is 0 Å². The number of ether oxygens (including phenoxy) is 1. The van der Waals surface area contributed by atoms with Gasteiger partial charge in [0.05, 0.1) is 0 Å². The van der Waals surface area contributed by atoms with Crippen molar-refractivity contribution in [2.45, 2.75) is 56.5 Å². The van der Waals surface area contributed by atoms with Crippen LogP contribution in [0.25, 0.3) is 11.1 Å². The maximum Gasteiger partial charge on any atom is 0.407 e. The van der Waals surface area contributed by atoms with E-state index in [0.717, 1.165) is 35.1 Å². The summed E-state index contributed by atoms with van der Waals surface area (Å²) in [5, 5.41) is 12.5. The zero-order chi connectivity index (χ0) is 23.9. The molecular weight excluding hydrogens is 432 g/mol. The van der Waals surface area contributed by atoms with E-state index in [2.05, 4.69) is 29.6 Å². The number of rotatable bonds is 7. The van der Waals surface area contributed by atoms with Crippen molar-refractivity contribution >= 4 is 18.0 Å². The number of hydrogen-bond acceptors (Lipinski definition) is 4. The molecule has 1 saturated heterocycles. The van der Waals surface area contributed by atoms with Crippen LogP contribution in [-0.4, -0.2) is 52.7 Å². The van der Waals surface area contributed by atoms with Gasteiger partial charge in [0.1, 0.15) is 18.2 Å². The number of amides is 2. The molecule has 1 saturated carbocycles. The Morgan fingerprint density at radius 2 is 1.76 bits per heavy atom. The smallest absolute Gasteiger partial charge is 0.407 e. The average Bonchev–Trinajstić information content (AvgIpc) is 3.53. The molecule has 2 aromatic rings. The lowest BCUT2D eigenvalue weighted by atomic mass is 9.98. The van der Waals surface area contributed by atoms with Gasteiger partial charge in [0.2, 0.25) is 5.91 Å². The lowest BCUT2D eigenvalue weighted by Crippen LogP contribution is -2.57. The average molecular weight is 463 g/mol. The highest BCUT2D eigenvalue weighted by Gasteiger charge is 2.67. The summed E-state index contributed by atoms with van der Waals surface area (Å²) in [5.41, 5.74) is 3.44. The highest BCUT2D eigenvalue weighted by molar-refractivity contribution is 5.94. The molecule has 3 atom stereocenters. The minimum atomic E-state index is -1.09. The van der Waals surface area contributed by atoms with Crippen LogP contribution in [0.15, 0.2) is 48.5 Å². The Labute approximate surface area is 199 Å². The van der Waals surface area contributed by atoms with E-state index in [1.165, 1.54) is 4.90 Å². The summed E-state index contributed by atoms with van der Waals surface area (Å²) < 4.78 is 5.63. The van der Waals surface area contributed by atoms with Gasteiger partial charge in [0, 0.05) is 12.5 Å². The summed E-state index contributed by atoms with van der Waals surface area (Å²) in [7, 11) is 0. The van der Waals surface area contributed by atoms with Crippen molar-refractivity contribution in [2.75, 3.05) is 13.2 Å². The molecule has 7 heteroatoms. The van der Waals surface area contributed by atoms with Gasteiger partial charge in [-0.3, -0.25) is 4.79 Å². The van der Waals surface area contributed by atoms with Crippen molar-refractivity contribution in [1.29, 1.82) is 0 Å². The minimum absolute atomic E-state index is 0.0134. The van der Waals surface area contributed by atoms with Gasteiger partial charge >= 0.3 is 12.1 Å². The molecule has 178 valence electrons. The van der Waals surface area contributed by atoms with Crippen LogP contribution >= 0.6 is 0 Å². The van der Waals surface area contributed by atoms with Crippen molar-refractivity contribution < 1.29 is 24.2 Å². The molecule has 3 unspecified atom stereocenters. The van der Waals surface area contributed by atoms with Crippen molar-refractivity contribution in [3.8, 4) is 11.1 Å². The first kappa shape index (κ1) is 22.4. The molecule has 5 rings (SSSR count). The summed E-state index contributed by atoms with van der Waals surface area (Å²) in [5.74, 6) is -1.32. The van der Waals surface area contributed by atoms with Gasteiger partial charge < -0.3 is 20.1 Å². The first-order valence-electron chi connectivity index (χ1n) is 12.1. The van der Waals surface area contributed by atoms with Crippen LogP contribution in [0.5, 0.6) is 0 Å². The molecule has 7 nitrogen and oxygen atoms in total. The first-order valence-corrected chi connectivity index (χ1v) is 12.1. The third-order valence-electron chi connectivity index (χ3n) is 7.64. The van der Waals surface area contributed by atoms with Gasteiger partial charge in [-0.1, -0.05) is 61.9 Å². The maximum absolute atomic E-state index is 13.4. The Morgan fingerprint density at radius 1 is 1.12 bits per heavy atom. The first-order chi connectivity index (χ1) is 16.5. The van der Waals surface area contributed by atoms with Crippen LogP contribution in [-0.2, 0) is 14.3 Å². The number of nitrogens with one attached hydrogen (secondary N) is 1. The third kappa shape index (κ3) is 3.63. The van der Waals surface area contributed by atoms with Gasteiger partial charge in [-0.2, -0.15) is 0 Å². The van der Waals surface area contributed by atoms with E-state index in [4.69, 9.17) is 4.74 Å². The van der Waals surface area contributed by atoms with E-state index in [9.17, 15) is 19.5 Å². The monoisotopic (exact) mass is 462 g/mol. The maximum atomic E-state index is 13.4. The highest BCUT2D eigenvalue weighted by atomic mass is 16.5. The van der Waals surface area contributed by atoms with Crippen LogP contribution in [0.1, 0.15) is 56.1 Å². The number of piperidine rings is 1. The van der Waals surface area contributed by atoms with E-state index >= 15 is 0 Å². The Bertz CT molecular complexity index is 1090. The second kappa shape index (κ2) is 8.78. The molecule has 2 aliphatic carbocycles. The second-order valence-electron chi connectivity index (χ2n) is 9.57. The molecule has 3 aliphatic rings. The topological polar surface area (TPSA) is 95.9 Å². The highest BCUT2D eigenvalue weighted by Crippen LogP contribution is 2.54. The fourth-order valence-electron chi connectivity index (χ4n) is 5.88. The van der Waals surface area contributed by atoms with Gasteiger partial charge in [0.15, 0.2) is 0 Å². The normalized spacial score (nSPS) is 23.3. The minimum Gasteiger partial charge on any atom is -0.479 e. The molecule has 2 aromatic carbocycles. The molecular formula is C27H30N2O5. The fraction of sp³-hybridized carbons (Fsp3) is 0.444. The number of nitrogens with zero attached hydrogens (tertiary/aromatic N) is 1. The third-order valence-corrected chi connectivity index (χ3v) is 7.64. The molecule has 0 spiro atoms. The van der Waals surface area contributed by atoms with Crippen molar-refractivity contribution in [3.63, 3.8) is 0 Å². The number of likely N-dealkylation sites (tertiary alicyclic amines) is 1. The number of carbonyl (C=O) groups excluding carboxylic acids is 2. The van der Waals surface area contributed by atoms with Crippen LogP contribution in [0.2, 0.25) is 0 Å². The Balaban J connectivity index is 1.27. The van der Waals surface area contributed by atoms with Gasteiger partial charge in [-0.25, -0.2) is 9.59 Å². The molecule has 0 bridgehead atoms. The van der Waals surface area contributed by atoms with Crippen molar-refractivity contribution in [2.24, 2.45) is 5.92 Å². The molecule has 2 N–H and O–H groups in total. The molecule has 2 fully saturated rings. The number of carboxylic acid groups (broad SMARTS) is 1. The Kier molecular flexibility index (Phi) is 5.80. The Morgan fingerprint density at radius 3 is 2.38 bits per heavy atom. The molecule has 0 radical (unpaired) electrons. The second-order valence-corrected chi connectivity index (χ2v) is 9.57. The lowest BCUT2D eigenvalue weighted by Gasteiger charge is -2.36. The zero-order valence-corrected chi connectivity index (χ0v) is 19.3. The fourth-order valence-corrected chi connectivity index (χ4v) is 5.88. The number of benzene rings is 2. The van der Waals surface area contributed by atoms with Crippen molar-refractivity contribution in [1.82, 2.24) is 10.2 Å². The number of carbonyl (C=O) groups is 3. The standard InChI is InChI=1S/C27H30N2O5/c1-2-8-23(24(30)29-14-7-9-17-15-27(17,29)25(31)32)28-26(33)34-16-22-20-12-5-3-10-18(20)19-11-4-6-13-21(19)22/h3-6,10-13,17,22-23H,2,7-9,14-16H2,1H3,(H,28,33)(H,31,32). The molecule has 1 aliphatic heterocycles. The Hall–Kier alpha value is -3.35. The van der Waals surface area contributed by atoms with Crippen LogP contribution in [0, 0.1) is 5.92 Å². The summed E-state index contributed by atoms with van der Waals surface area (Å²) in [6.07, 6.45) is 2.57. The molecule has 0 aromatic heterocycles. The van der Waals surface area contributed by atoms with Crippen LogP contribution in [0.3, 0.4) is 0 Å². The van der Waals surface area contributed by atoms with E-state index < -0.39 is 23.6 Å². The SMILES string of the molecule is CCCC(NC(=O)OCC1c2ccccc2-c2ccccc21)C(=O)N1CCCC2CC21C(=O)O. The molecule has 2 amide bonds. The molecule has 34 heavy (non-hydrogen) atoms. The predicted octanol–water partition coefficient (Wildman–Crippen LogP) is 4.16. The zero-order valence-electron chi connectivity index (χ0n) is 19.3. The number of aliphatic carboxylic acids is 1. The predicted molar refractivity (Wildman–Crippen MR) is 126 cm³/mol. The van der Waals surface area contributed by atoms with E-state index in [1.807, 2.05) is 31.2 Å². The van der Waals surface area contributed by atoms with Crippen LogP contribution in [0.4, 0.5) is 4.79 Å². The summed E-state index contributed by atoms with van der Waals surface area (Å²) >= 11 is 0. The number of carboxylic acids is 1. The van der Waals surface area contributed by atoms with Crippen LogP contribution < -0.4 is 5.32 Å². The van der Waals surface area contributed by atoms with Crippen molar-refractivity contribution in [3.05, 3.63) is 59.7 Å². The quantitative estimate of drug-likeness (QED) is 0.644. The number of alkyl carbamates (subject to hydrolysis) is 1. The summed E-state index contributed by atoms with van der Waals surface area (Å²) in [6, 6.07) is 15.4. The summed E-state index contributed by atoms with van der Waals surface area (Å²) in [4.78, 5) is 39.6. The largest absolute Gasteiger partial charge is 0.479 e. The number of hydrogen-bond donors (Lipinski definition) is 2. The summed E-state index contributed by atoms with van der Waals surface area (Å²) in [6.45, 7) is 2.51. The van der Waals surface area contributed by atoms with E-state index in [-0.39, 0.29) is 24.3 Å². The number of fused-ring (bicyclic) bond motifs is 4. The van der Waals surface area contributed by atoms with Gasteiger partial charge in [-0.15, -0.1) is 0 Å². The molecule has 1 heterocycles. The van der Waals surface area contributed by atoms with E-state index in [0.29, 0.717) is 25.8 Å². The van der Waals surface area contributed by atoms with E-state index in [1.54, 1.807) is 0 Å².